The molecule has 0 atom stereocenters. The van der Waals surface area contributed by atoms with E-state index in [1.807, 2.05) is 0 Å². The third-order valence-corrected chi connectivity index (χ3v) is 1.84. The second kappa shape index (κ2) is 5.47. The number of rotatable bonds is 1. The fourth-order valence-corrected chi connectivity index (χ4v) is 1.10. The molecule has 1 aromatic rings. The molecule has 0 amide bonds. The summed E-state index contributed by atoms with van der Waals surface area (Å²) in [6.07, 6.45) is 0. The Balaban J connectivity index is 0.00000121. The minimum Gasteiger partial charge on any atom is -0.207 e. The van der Waals surface area contributed by atoms with Crippen LogP contribution in [0, 0.1) is 55.2 Å². The first-order valence-corrected chi connectivity index (χ1v) is 3.96. The molecule has 0 saturated carbocycles. The van der Waals surface area contributed by atoms with Gasteiger partial charge in [-0.05, 0) is 6.07 Å². The molecule has 0 bridgehead atoms. The van der Waals surface area contributed by atoms with Crippen molar-refractivity contribution in [1.82, 2.24) is 0 Å². The van der Waals surface area contributed by atoms with Gasteiger partial charge in [0, 0.05) is 54.7 Å². The summed E-state index contributed by atoms with van der Waals surface area (Å²) in [6, 6.07) is 1.37. The van der Waals surface area contributed by atoms with Gasteiger partial charge in [0.25, 0.3) is 0 Å². The van der Waals surface area contributed by atoms with Gasteiger partial charge in [-0.2, -0.15) is 0 Å². The summed E-state index contributed by atoms with van der Waals surface area (Å²) in [5, 5.41) is 0.177. The van der Waals surface area contributed by atoms with E-state index >= 15 is 0 Å². The van der Waals surface area contributed by atoms with E-state index in [1.54, 1.807) is 0 Å². The zero-order valence-corrected chi connectivity index (χ0v) is 8.02. The molecule has 0 aliphatic carbocycles. The molecular weight excluding hydrogens is 261 g/mol. The molecule has 68 valence electrons. The molecule has 5 heteroatoms. The maximum absolute atomic E-state index is 12.6. The quantitative estimate of drug-likeness (QED) is 0.541. The zero-order valence-electron chi connectivity index (χ0n) is 5.73. The molecule has 0 saturated heterocycles. The molecule has 1 rings (SSSR count). The van der Waals surface area contributed by atoms with Crippen molar-refractivity contribution in [2.24, 2.45) is 0 Å². The Morgan fingerprint density at radius 1 is 1.00 bits per heavy atom. The predicted molar refractivity (Wildman–Crippen MR) is 38.9 cm³/mol. The molecule has 0 N–H and O–H groups in total. The molecule has 0 unspecified atom stereocenters. The van der Waals surface area contributed by atoms with Crippen molar-refractivity contribution in [1.29, 1.82) is 0 Å². The zero-order chi connectivity index (χ0) is 8.43. The number of benzene rings is 1. The first kappa shape index (κ1) is 12.7. The Labute approximate surface area is 106 Å². The SMILES string of the molecule is Fc1cc(F)c(CBr)cc1F.[Ar]. The molecule has 0 aromatic heterocycles. The summed E-state index contributed by atoms with van der Waals surface area (Å²) in [5.41, 5.74) is 0.115. The smallest absolute Gasteiger partial charge is 0.161 e. The van der Waals surface area contributed by atoms with Gasteiger partial charge >= 0.3 is 0 Å². The summed E-state index contributed by atoms with van der Waals surface area (Å²) in [6.45, 7) is 0. The van der Waals surface area contributed by atoms with Crippen LogP contribution in [0.4, 0.5) is 13.2 Å². The van der Waals surface area contributed by atoms with Crippen LogP contribution in [0.1, 0.15) is 5.56 Å². The van der Waals surface area contributed by atoms with E-state index in [0.717, 1.165) is 6.07 Å². The maximum atomic E-state index is 12.6. The van der Waals surface area contributed by atoms with Crippen LogP contribution in [-0.2, 0) is 5.33 Å². The first-order chi connectivity index (χ1) is 5.15. The van der Waals surface area contributed by atoms with E-state index in [1.165, 1.54) is 0 Å². The summed E-state index contributed by atoms with van der Waals surface area (Å²) >= 11 is 2.94. The van der Waals surface area contributed by atoms with Crippen LogP contribution in [0.3, 0.4) is 0 Å². The van der Waals surface area contributed by atoms with Crippen LogP contribution < -0.4 is 0 Å². The Morgan fingerprint density at radius 2 is 1.50 bits per heavy atom. The predicted octanol–water partition coefficient (Wildman–Crippen LogP) is 3.00. The molecule has 0 fully saturated rings. The van der Waals surface area contributed by atoms with Gasteiger partial charge in [-0.25, -0.2) is 13.2 Å². The van der Waals surface area contributed by atoms with Gasteiger partial charge in [0.15, 0.2) is 11.6 Å². The van der Waals surface area contributed by atoms with Gasteiger partial charge in [-0.3, -0.25) is 0 Å². The van der Waals surface area contributed by atoms with Gasteiger partial charge in [0.2, 0.25) is 0 Å². The molecule has 0 radical (unpaired) electrons. The molecule has 0 spiro atoms. The van der Waals surface area contributed by atoms with Crippen LogP contribution in [0.15, 0.2) is 12.1 Å². The Morgan fingerprint density at radius 3 is 2.00 bits per heavy atom. The van der Waals surface area contributed by atoms with Gasteiger partial charge in [-0.15, -0.1) is 0 Å². The number of halogens is 4. The van der Waals surface area contributed by atoms with E-state index in [4.69, 9.17) is 0 Å². The fourth-order valence-electron chi connectivity index (χ4n) is 0.666. The van der Waals surface area contributed by atoms with Crippen LogP contribution in [0.25, 0.3) is 0 Å². The monoisotopic (exact) mass is 264 g/mol. The van der Waals surface area contributed by atoms with Crippen molar-refractivity contribution < 1.29 is 50.9 Å². The third-order valence-electron chi connectivity index (χ3n) is 1.23. The number of hydrogen-bond acceptors (Lipinski definition) is 0. The molecule has 1 aromatic carbocycles. The van der Waals surface area contributed by atoms with Crippen LogP contribution >= 0.6 is 15.9 Å². The van der Waals surface area contributed by atoms with Crippen molar-refractivity contribution in [3.8, 4) is 0 Å². The van der Waals surface area contributed by atoms with E-state index < -0.39 is 17.5 Å². The van der Waals surface area contributed by atoms with Crippen molar-refractivity contribution in [2.45, 2.75) is 5.33 Å². The minimum absolute atomic E-state index is 0. The second-order valence-electron chi connectivity index (χ2n) is 1.99. The topological polar surface area (TPSA) is 0 Å². The normalized spacial score (nSPS) is 9.33. The summed E-state index contributed by atoms with van der Waals surface area (Å²) < 4.78 is 37.2. The molecule has 12 heavy (non-hydrogen) atoms. The van der Waals surface area contributed by atoms with Crippen LogP contribution in [0.2, 0.25) is 0 Å². The van der Waals surface area contributed by atoms with Crippen molar-refractivity contribution in [3.63, 3.8) is 0 Å². The van der Waals surface area contributed by atoms with Gasteiger partial charge in [0.05, 0.1) is 0 Å². The average molecular weight is 265 g/mol. The molecular formula is C7H4ArBrF3. The van der Waals surface area contributed by atoms with Crippen LogP contribution in [0.5, 0.6) is 0 Å². The minimum atomic E-state index is -1.16. The molecule has 0 heterocycles. The molecule has 0 aliphatic heterocycles. The van der Waals surface area contributed by atoms with Gasteiger partial charge in [0.1, 0.15) is 5.82 Å². The van der Waals surface area contributed by atoms with E-state index in [0.29, 0.717) is 6.07 Å². The Kier molecular flexibility index (Phi) is 5.82. The summed E-state index contributed by atoms with van der Waals surface area (Å²) in [4.78, 5) is 0. The van der Waals surface area contributed by atoms with Crippen LogP contribution in [-0.4, -0.2) is 0 Å². The largest absolute Gasteiger partial charge is 0.207 e. The Hall–Kier alpha value is 0.750. The molecule has 0 nitrogen and oxygen atoms in total. The van der Waals surface area contributed by atoms with E-state index in [-0.39, 0.29) is 48.6 Å². The fraction of sp³-hybridized carbons (Fsp3) is 0.143. The number of alkyl halides is 1. The standard InChI is InChI=1S/C7H4BrF3.Ar/c8-3-4-1-6(10)7(11)2-5(4)9;/h1-2H,3H2;. The summed E-state index contributed by atoms with van der Waals surface area (Å²) in [5.74, 6) is -2.92. The van der Waals surface area contributed by atoms with Crippen molar-refractivity contribution in [3.05, 3.63) is 35.1 Å². The summed E-state index contributed by atoms with van der Waals surface area (Å²) in [7, 11) is 0. The van der Waals surface area contributed by atoms with Gasteiger partial charge < -0.3 is 0 Å². The Bertz CT molecular complexity index is 278. The van der Waals surface area contributed by atoms with E-state index in [9.17, 15) is 13.2 Å². The van der Waals surface area contributed by atoms with Crippen molar-refractivity contribution in [2.75, 3.05) is 0 Å². The third kappa shape index (κ3) is 2.91. The van der Waals surface area contributed by atoms with E-state index in [2.05, 4.69) is 15.9 Å². The maximum Gasteiger partial charge on any atom is 0.161 e. The second-order valence-corrected chi connectivity index (χ2v) is 2.55. The first-order valence-electron chi connectivity index (χ1n) is 2.84. The number of hydrogen-bond donors (Lipinski definition) is 0. The molecule has 0 aliphatic rings. The van der Waals surface area contributed by atoms with Crippen molar-refractivity contribution >= 4 is 15.9 Å². The van der Waals surface area contributed by atoms with Gasteiger partial charge in [-0.1, -0.05) is 15.9 Å². The average Bonchev–Trinajstić information content (AvgIpc) is 1.97.